The van der Waals surface area contributed by atoms with Gasteiger partial charge in [0.2, 0.25) is 0 Å². The van der Waals surface area contributed by atoms with Gasteiger partial charge in [0.05, 0.1) is 0 Å². The molecule has 0 aliphatic rings. The van der Waals surface area contributed by atoms with Crippen LogP contribution in [-0.2, 0) is 7.86 Å². The maximum atomic E-state index is 10.5. The Labute approximate surface area is 69.7 Å². The van der Waals surface area contributed by atoms with Crippen LogP contribution in [0.15, 0.2) is 0 Å². The maximum Gasteiger partial charge on any atom is 0.315 e. The summed E-state index contributed by atoms with van der Waals surface area (Å²) >= 11 is 1.62. The van der Waals surface area contributed by atoms with Crippen molar-refractivity contribution in [1.29, 1.82) is 0 Å². The summed E-state index contributed by atoms with van der Waals surface area (Å²) in [4.78, 5) is 10.5. The molecule has 54 valence electrons. The van der Waals surface area contributed by atoms with Crippen LogP contribution < -0.4 is 0 Å². The van der Waals surface area contributed by atoms with Crippen LogP contribution in [0.5, 0.6) is 0 Å². The third-order valence-corrected chi connectivity index (χ3v) is 1.56. The monoisotopic (exact) mass is 242 g/mol. The average Bonchev–Trinajstić information content (AvgIpc) is 1.89. The zero-order chi connectivity index (χ0) is 7.11. The molecular formula is C6H11IO2. The second-order valence-electron chi connectivity index (χ2n) is 1.91. The molecule has 0 saturated carbocycles. The largest absolute Gasteiger partial charge is 0.394 e. The predicted octanol–water partition coefficient (Wildman–Crippen LogP) is 2.46. The minimum Gasteiger partial charge on any atom is -0.394 e. The van der Waals surface area contributed by atoms with Crippen molar-refractivity contribution in [3.05, 3.63) is 0 Å². The van der Waals surface area contributed by atoms with Gasteiger partial charge in [0.25, 0.3) is 0 Å². The van der Waals surface area contributed by atoms with E-state index in [0.29, 0.717) is 6.42 Å². The first-order valence-corrected chi connectivity index (χ1v) is 4.00. The third-order valence-electron chi connectivity index (χ3n) is 1.07. The van der Waals surface area contributed by atoms with Gasteiger partial charge in [-0.1, -0.05) is 19.8 Å². The first kappa shape index (κ1) is 9.20. The zero-order valence-electron chi connectivity index (χ0n) is 5.52. The molecule has 0 aliphatic carbocycles. The molecule has 9 heavy (non-hydrogen) atoms. The van der Waals surface area contributed by atoms with Crippen molar-refractivity contribution in [3.63, 3.8) is 0 Å². The van der Waals surface area contributed by atoms with Gasteiger partial charge in [0.15, 0.2) is 23.0 Å². The second kappa shape index (κ2) is 6.32. The Hall–Kier alpha value is 0.200. The standard InChI is InChI=1S/C6H11IO2/c1-2-3-4-5-6(8)9-7/h2-5H2,1H3. The first-order valence-electron chi connectivity index (χ1n) is 3.12. The summed E-state index contributed by atoms with van der Waals surface area (Å²) in [5.41, 5.74) is 0. The summed E-state index contributed by atoms with van der Waals surface area (Å²) in [6, 6.07) is 0. The molecule has 0 rings (SSSR count). The van der Waals surface area contributed by atoms with Crippen LogP contribution in [-0.4, -0.2) is 5.97 Å². The molecule has 0 unspecified atom stereocenters. The predicted molar refractivity (Wildman–Crippen MR) is 44.3 cm³/mol. The number of hydrogen-bond donors (Lipinski definition) is 0. The Morgan fingerprint density at radius 3 is 2.67 bits per heavy atom. The molecule has 0 saturated heterocycles. The Morgan fingerprint density at radius 2 is 2.22 bits per heavy atom. The van der Waals surface area contributed by atoms with E-state index in [9.17, 15) is 4.79 Å². The minimum absolute atomic E-state index is 0.107. The first-order chi connectivity index (χ1) is 4.31. The van der Waals surface area contributed by atoms with Crippen LogP contribution in [0, 0.1) is 0 Å². The van der Waals surface area contributed by atoms with E-state index in [0.717, 1.165) is 19.3 Å². The van der Waals surface area contributed by atoms with Crippen molar-refractivity contribution in [3.8, 4) is 0 Å². The highest BCUT2D eigenvalue weighted by Crippen LogP contribution is 2.01. The summed E-state index contributed by atoms with van der Waals surface area (Å²) in [6.07, 6.45) is 3.79. The van der Waals surface area contributed by atoms with Gasteiger partial charge in [-0.3, -0.25) is 4.79 Å². The highest BCUT2D eigenvalue weighted by molar-refractivity contribution is 14.1. The summed E-state index contributed by atoms with van der Waals surface area (Å²) in [5, 5.41) is 0. The lowest BCUT2D eigenvalue weighted by Crippen LogP contribution is -1.94. The lowest BCUT2D eigenvalue weighted by Gasteiger charge is -1.93. The number of rotatable bonds is 4. The fourth-order valence-corrected chi connectivity index (χ4v) is 0.778. The lowest BCUT2D eigenvalue weighted by atomic mass is 10.2. The second-order valence-corrected chi connectivity index (χ2v) is 2.35. The average molecular weight is 242 g/mol. The van der Waals surface area contributed by atoms with Crippen LogP contribution in [0.2, 0.25) is 0 Å². The van der Waals surface area contributed by atoms with Gasteiger partial charge in [-0.2, -0.15) is 0 Å². The van der Waals surface area contributed by atoms with E-state index in [2.05, 4.69) is 9.99 Å². The Morgan fingerprint density at radius 1 is 1.56 bits per heavy atom. The van der Waals surface area contributed by atoms with E-state index in [1.165, 1.54) is 0 Å². The lowest BCUT2D eigenvalue weighted by molar-refractivity contribution is -0.131. The van der Waals surface area contributed by atoms with E-state index in [4.69, 9.17) is 0 Å². The molecule has 0 amide bonds. The topological polar surface area (TPSA) is 26.3 Å². The maximum absolute atomic E-state index is 10.5. The van der Waals surface area contributed by atoms with Gasteiger partial charge in [0.1, 0.15) is 0 Å². The van der Waals surface area contributed by atoms with E-state index in [1.54, 1.807) is 23.0 Å². The molecule has 0 radical (unpaired) electrons. The van der Waals surface area contributed by atoms with Crippen LogP contribution in [0.1, 0.15) is 32.6 Å². The number of carbonyl (C=O) groups excluding carboxylic acids is 1. The summed E-state index contributed by atoms with van der Waals surface area (Å²) < 4.78 is 4.43. The zero-order valence-corrected chi connectivity index (χ0v) is 7.68. The van der Waals surface area contributed by atoms with Crippen LogP contribution in [0.3, 0.4) is 0 Å². The van der Waals surface area contributed by atoms with Crippen LogP contribution in [0.4, 0.5) is 0 Å². The molecule has 0 aromatic carbocycles. The summed E-state index contributed by atoms with van der Waals surface area (Å²) in [7, 11) is 0. The number of carbonyl (C=O) groups is 1. The number of halogens is 1. The molecule has 0 atom stereocenters. The highest BCUT2D eigenvalue weighted by atomic mass is 127. The fourth-order valence-electron chi connectivity index (χ4n) is 0.558. The molecule has 0 fully saturated rings. The van der Waals surface area contributed by atoms with Crippen molar-refractivity contribution in [2.24, 2.45) is 0 Å². The normalized spacial score (nSPS) is 9.11. The molecule has 0 aliphatic heterocycles. The van der Waals surface area contributed by atoms with Crippen LogP contribution >= 0.6 is 23.0 Å². The van der Waals surface area contributed by atoms with Crippen molar-refractivity contribution in [2.75, 3.05) is 0 Å². The molecule has 3 heteroatoms. The van der Waals surface area contributed by atoms with E-state index in [1.807, 2.05) is 0 Å². The number of unbranched alkanes of at least 4 members (excludes halogenated alkanes) is 2. The molecule has 0 N–H and O–H groups in total. The van der Waals surface area contributed by atoms with Gasteiger partial charge in [-0.25, -0.2) is 0 Å². The molecule has 0 aromatic rings. The molecule has 0 aromatic heterocycles. The third kappa shape index (κ3) is 6.08. The van der Waals surface area contributed by atoms with Crippen molar-refractivity contribution < 1.29 is 7.86 Å². The summed E-state index contributed by atoms with van der Waals surface area (Å²) in [5.74, 6) is -0.107. The van der Waals surface area contributed by atoms with Gasteiger partial charge >= 0.3 is 5.97 Å². The van der Waals surface area contributed by atoms with Crippen molar-refractivity contribution >= 4 is 29.0 Å². The van der Waals surface area contributed by atoms with E-state index in [-0.39, 0.29) is 5.97 Å². The Balaban J connectivity index is 2.97. The van der Waals surface area contributed by atoms with Gasteiger partial charge < -0.3 is 3.07 Å². The van der Waals surface area contributed by atoms with Crippen molar-refractivity contribution in [1.82, 2.24) is 0 Å². The molecule has 2 nitrogen and oxygen atoms in total. The van der Waals surface area contributed by atoms with Crippen molar-refractivity contribution in [2.45, 2.75) is 32.6 Å². The molecule has 0 bridgehead atoms. The number of hydrogen-bond acceptors (Lipinski definition) is 2. The van der Waals surface area contributed by atoms with E-state index < -0.39 is 0 Å². The molecule has 0 spiro atoms. The van der Waals surface area contributed by atoms with Gasteiger partial charge in [-0.15, -0.1) is 0 Å². The van der Waals surface area contributed by atoms with E-state index >= 15 is 0 Å². The smallest absolute Gasteiger partial charge is 0.315 e. The Bertz CT molecular complexity index is 83.1. The van der Waals surface area contributed by atoms with Gasteiger partial charge in [-0.05, 0) is 6.42 Å². The van der Waals surface area contributed by atoms with Crippen LogP contribution in [0.25, 0.3) is 0 Å². The Kier molecular flexibility index (Phi) is 6.46. The SMILES string of the molecule is CCCCCC(=O)OI. The summed E-state index contributed by atoms with van der Waals surface area (Å²) in [6.45, 7) is 2.11. The highest BCUT2D eigenvalue weighted by Gasteiger charge is 1.97. The van der Waals surface area contributed by atoms with Gasteiger partial charge in [0, 0.05) is 6.42 Å². The molecular weight excluding hydrogens is 231 g/mol. The molecule has 0 heterocycles. The quantitative estimate of drug-likeness (QED) is 0.559. The fraction of sp³-hybridized carbons (Fsp3) is 0.833. The minimum atomic E-state index is -0.107.